The zero-order valence-electron chi connectivity index (χ0n) is 10.0. The van der Waals surface area contributed by atoms with Gasteiger partial charge in [0.1, 0.15) is 5.75 Å². The van der Waals surface area contributed by atoms with E-state index >= 15 is 0 Å². The van der Waals surface area contributed by atoms with Crippen LogP contribution in [-0.2, 0) is 6.18 Å². The van der Waals surface area contributed by atoms with Crippen molar-refractivity contribution >= 4 is 22.6 Å². The molecule has 1 aromatic carbocycles. The second-order valence-corrected chi connectivity index (χ2v) is 4.79. The summed E-state index contributed by atoms with van der Waals surface area (Å²) in [6.07, 6.45) is -4.55. The molecule has 0 aliphatic heterocycles. The summed E-state index contributed by atoms with van der Waals surface area (Å²) < 4.78 is 47.7. The van der Waals surface area contributed by atoms with E-state index in [-0.39, 0.29) is 9.59 Å². The van der Waals surface area contributed by atoms with Gasteiger partial charge in [-0.2, -0.15) is 13.2 Å². The van der Waals surface area contributed by atoms with Gasteiger partial charge in [0.25, 0.3) is 0 Å². The number of methoxy groups -OCH3 is 1. The molecule has 0 spiro atoms. The van der Waals surface area contributed by atoms with Gasteiger partial charge < -0.3 is 9.15 Å². The Labute approximate surface area is 120 Å². The molecule has 1 aromatic heterocycles. The summed E-state index contributed by atoms with van der Waals surface area (Å²) in [6.45, 7) is 1.73. The molecule has 2 aromatic rings. The summed E-state index contributed by atoms with van der Waals surface area (Å²) in [5, 5.41) is 0. The molecule has 0 radical (unpaired) electrons. The zero-order valence-corrected chi connectivity index (χ0v) is 12.2. The first-order chi connectivity index (χ1) is 8.84. The van der Waals surface area contributed by atoms with Crippen molar-refractivity contribution in [2.75, 3.05) is 7.11 Å². The van der Waals surface area contributed by atoms with E-state index in [2.05, 4.69) is 4.98 Å². The van der Waals surface area contributed by atoms with E-state index in [1.165, 1.54) is 29.7 Å². The Morgan fingerprint density at radius 3 is 2.53 bits per heavy atom. The molecule has 0 unspecified atom stereocenters. The molecule has 0 amide bonds. The third kappa shape index (κ3) is 2.70. The van der Waals surface area contributed by atoms with Crippen LogP contribution >= 0.6 is 22.6 Å². The predicted octanol–water partition coefficient (Wildman–Crippen LogP) is 4.28. The molecule has 0 N–H and O–H groups in total. The van der Waals surface area contributed by atoms with Crippen molar-refractivity contribution < 1.29 is 22.3 Å². The second-order valence-electron chi connectivity index (χ2n) is 3.77. The number of halogens is 4. The Hall–Kier alpha value is -1.25. The smallest absolute Gasteiger partial charge is 0.452 e. The number of hydrogen-bond acceptors (Lipinski definition) is 3. The van der Waals surface area contributed by atoms with Crippen LogP contribution in [0.1, 0.15) is 11.3 Å². The highest BCUT2D eigenvalue weighted by Crippen LogP contribution is 2.37. The molecular weight excluding hydrogens is 374 g/mol. The van der Waals surface area contributed by atoms with Gasteiger partial charge in [0.15, 0.2) is 3.70 Å². The Morgan fingerprint density at radius 2 is 2.00 bits per heavy atom. The highest BCUT2D eigenvalue weighted by Gasteiger charge is 2.39. The van der Waals surface area contributed by atoms with Gasteiger partial charge in [-0.1, -0.05) is 6.07 Å². The number of ether oxygens (including phenoxy) is 1. The third-order valence-electron chi connectivity index (χ3n) is 2.58. The lowest BCUT2D eigenvalue weighted by Gasteiger charge is -2.07. The van der Waals surface area contributed by atoms with Gasteiger partial charge in [-0.25, -0.2) is 4.98 Å². The third-order valence-corrected chi connectivity index (χ3v) is 3.31. The molecule has 0 aliphatic carbocycles. The summed E-state index contributed by atoms with van der Waals surface area (Å²) in [4.78, 5) is 3.83. The van der Waals surface area contributed by atoms with E-state index in [1.54, 1.807) is 25.1 Å². The van der Waals surface area contributed by atoms with Crippen LogP contribution in [0.4, 0.5) is 13.2 Å². The van der Waals surface area contributed by atoms with E-state index in [1.807, 2.05) is 0 Å². The summed E-state index contributed by atoms with van der Waals surface area (Å²) >= 11 is 1.51. The Bertz CT molecular complexity index is 608. The Balaban J connectivity index is 2.55. The minimum Gasteiger partial charge on any atom is -0.496 e. The van der Waals surface area contributed by atoms with Crippen LogP contribution in [0, 0.1) is 10.6 Å². The molecule has 0 aliphatic rings. The van der Waals surface area contributed by atoms with Gasteiger partial charge in [0.05, 0.1) is 7.11 Å². The lowest BCUT2D eigenvalue weighted by molar-refractivity contribution is -0.153. The van der Waals surface area contributed by atoms with Crippen LogP contribution in [0.5, 0.6) is 5.75 Å². The molecule has 0 atom stereocenters. The predicted molar refractivity (Wildman–Crippen MR) is 70.9 cm³/mol. The maximum Gasteiger partial charge on any atom is 0.452 e. The van der Waals surface area contributed by atoms with E-state index in [4.69, 9.17) is 9.15 Å². The number of alkyl halides is 3. The minimum atomic E-state index is -4.55. The fraction of sp³-hybridized carbons (Fsp3) is 0.250. The van der Waals surface area contributed by atoms with Crippen LogP contribution < -0.4 is 4.74 Å². The highest BCUT2D eigenvalue weighted by atomic mass is 127. The lowest BCUT2D eigenvalue weighted by atomic mass is 10.1. The summed E-state index contributed by atoms with van der Waals surface area (Å²) in [5.41, 5.74) is 1.16. The zero-order chi connectivity index (χ0) is 14.2. The topological polar surface area (TPSA) is 35.3 Å². The number of aromatic nitrogens is 1. The maximum atomic E-state index is 12.7. The molecule has 0 saturated heterocycles. The van der Waals surface area contributed by atoms with Crippen LogP contribution in [0.3, 0.4) is 0 Å². The highest BCUT2D eigenvalue weighted by molar-refractivity contribution is 14.1. The quantitative estimate of drug-likeness (QED) is 0.727. The number of nitrogens with zero attached hydrogens (tertiary/aromatic N) is 1. The monoisotopic (exact) mass is 383 g/mol. The van der Waals surface area contributed by atoms with Crippen molar-refractivity contribution in [2.24, 2.45) is 0 Å². The minimum absolute atomic E-state index is 0.0619. The number of rotatable bonds is 2. The van der Waals surface area contributed by atoms with Gasteiger partial charge >= 0.3 is 6.18 Å². The average Bonchev–Trinajstić information content (AvgIpc) is 2.71. The maximum absolute atomic E-state index is 12.7. The van der Waals surface area contributed by atoms with Crippen molar-refractivity contribution in [3.8, 4) is 17.2 Å². The normalized spacial score (nSPS) is 11.7. The van der Waals surface area contributed by atoms with Crippen molar-refractivity contribution in [3.63, 3.8) is 0 Å². The standard InChI is InChI=1S/C12H9F3INO2/c1-6-7(4-3-5-8(6)18-2)11-17-10(16)9(19-11)12(13,14)15/h3-5H,1-2H3. The molecule has 0 saturated carbocycles. The van der Waals surface area contributed by atoms with Gasteiger partial charge in [-0.05, 0) is 41.6 Å². The van der Waals surface area contributed by atoms with Crippen molar-refractivity contribution in [3.05, 3.63) is 33.2 Å². The molecule has 0 bridgehead atoms. The largest absolute Gasteiger partial charge is 0.496 e. The average molecular weight is 383 g/mol. The lowest BCUT2D eigenvalue weighted by Crippen LogP contribution is -2.04. The first-order valence-corrected chi connectivity index (χ1v) is 6.30. The molecule has 102 valence electrons. The van der Waals surface area contributed by atoms with Crippen molar-refractivity contribution in [2.45, 2.75) is 13.1 Å². The van der Waals surface area contributed by atoms with Gasteiger partial charge in [0.2, 0.25) is 11.7 Å². The first kappa shape index (κ1) is 14.2. The SMILES string of the molecule is COc1cccc(-c2nc(I)c(C(F)(F)F)o2)c1C. The number of hydrogen-bond donors (Lipinski definition) is 0. The fourth-order valence-corrected chi connectivity index (χ4v) is 2.29. The van der Waals surface area contributed by atoms with Crippen molar-refractivity contribution in [1.29, 1.82) is 0 Å². The van der Waals surface area contributed by atoms with Crippen molar-refractivity contribution in [1.82, 2.24) is 4.98 Å². The van der Waals surface area contributed by atoms with E-state index in [9.17, 15) is 13.2 Å². The molecule has 3 nitrogen and oxygen atoms in total. The summed E-state index contributed by atoms with van der Waals surface area (Å²) in [5.74, 6) is -0.572. The number of benzene rings is 1. The van der Waals surface area contributed by atoms with Crippen LogP contribution in [0.2, 0.25) is 0 Å². The molecule has 1 heterocycles. The van der Waals surface area contributed by atoms with Crippen LogP contribution in [-0.4, -0.2) is 12.1 Å². The number of oxazole rings is 1. The second kappa shape index (κ2) is 5.03. The van der Waals surface area contributed by atoms with Gasteiger partial charge in [-0.15, -0.1) is 0 Å². The van der Waals surface area contributed by atoms with Gasteiger partial charge in [0, 0.05) is 11.1 Å². The molecule has 7 heteroatoms. The van der Waals surface area contributed by atoms with E-state index < -0.39 is 11.9 Å². The van der Waals surface area contributed by atoms with E-state index in [0.29, 0.717) is 16.9 Å². The Kier molecular flexibility index (Phi) is 3.75. The summed E-state index contributed by atoms with van der Waals surface area (Å²) in [7, 11) is 1.49. The summed E-state index contributed by atoms with van der Waals surface area (Å²) in [6, 6.07) is 5.03. The Morgan fingerprint density at radius 1 is 1.32 bits per heavy atom. The fourth-order valence-electron chi connectivity index (χ4n) is 1.66. The van der Waals surface area contributed by atoms with Crippen LogP contribution in [0.15, 0.2) is 22.6 Å². The molecular formula is C12H9F3INO2. The van der Waals surface area contributed by atoms with E-state index in [0.717, 1.165) is 0 Å². The molecule has 2 rings (SSSR count). The van der Waals surface area contributed by atoms with Gasteiger partial charge in [-0.3, -0.25) is 0 Å². The van der Waals surface area contributed by atoms with Crippen LogP contribution in [0.25, 0.3) is 11.5 Å². The first-order valence-electron chi connectivity index (χ1n) is 5.22. The molecule has 19 heavy (non-hydrogen) atoms. The molecule has 0 fully saturated rings.